The normalized spacial score (nSPS) is 28.8. The lowest BCUT2D eigenvalue weighted by atomic mass is 9.94. The zero-order valence-electron chi connectivity index (χ0n) is 15.6. The molecule has 0 bridgehead atoms. The second kappa shape index (κ2) is 8.10. The van der Waals surface area contributed by atoms with Crippen molar-refractivity contribution in [3.8, 4) is 0 Å². The van der Waals surface area contributed by atoms with Crippen LogP contribution in [0.5, 0.6) is 0 Å². The van der Waals surface area contributed by atoms with E-state index in [4.69, 9.17) is 4.42 Å². The Balaban J connectivity index is 1.60. The van der Waals surface area contributed by atoms with Gasteiger partial charge in [0.25, 0.3) is 10.2 Å². The van der Waals surface area contributed by atoms with E-state index in [1.54, 1.807) is 22.7 Å². The lowest BCUT2D eigenvalue weighted by molar-refractivity contribution is -0.126. The molecular weight excluding hydrogens is 354 g/mol. The molecule has 146 valence electrons. The highest BCUT2D eigenvalue weighted by atomic mass is 32.2. The van der Waals surface area contributed by atoms with Crippen molar-refractivity contribution in [1.82, 2.24) is 13.9 Å². The molecule has 0 aliphatic carbocycles. The van der Waals surface area contributed by atoms with E-state index in [0.29, 0.717) is 56.6 Å². The third kappa shape index (κ3) is 4.47. The third-order valence-electron chi connectivity index (χ3n) is 5.26. The van der Waals surface area contributed by atoms with Gasteiger partial charge in [-0.3, -0.25) is 4.79 Å². The van der Waals surface area contributed by atoms with Gasteiger partial charge >= 0.3 is 0 Å². The van der Waals surface area contributed by atoms with Crippen LogP contribution in [0, 0.1) is 17.8 Å². The van der Waals surface area contributed by atoms with Gasteiger partial charge in [-0.15, -0.1) is 0 Å². The van der Waals surface area contributed by atoms with E-state index in [9.17, 15) is 13.2 Å². The van der Waals surface area contributed by atoms with E-state index in [-0.39, 0.29) is 18.4 Å². The van der Waals surface area contributed by atoms with E-state index in [1.165, 1.54) is 4.31 Å². The van der Waals surface area contributed by atoms with Gasteiger partial charge in [0.1, 0.15) is 5.76 Å². The number of hydrogen-bond acceptors (Lipinski definition) is 4. The Hall–Kier alpha value is -1.38. The Bertz CT molecular complexity index is 694. The van der Waals surface area contributed by atoms with Gasteiger partial charge in [0, 0.05) is 26.2 Å². The van der Waals surface area contributed by atoms with E-state index in [0.717, 1.165) is 6.42 Å². The summed E-state index contributed by atoms with van der Waals surface area (Å²) >= 11 is 0. The van der Waals surface area contributed by atoms with Crippen LogP contribution >= 0.6 is 0 Å². The van der Waals surface area contributed by atoms with Crippen molar-refractivity contribution in [2.24, 2.45) is 17.8 Å². The van der Waals surface area contributed by atoms with Crippen LogP contribution < -0.4 is 5.32 Å². The van der Waals surface area contributed by atoms with Crippen LogP contribution in [0.4, 0.5) is 0 Å². The maximum Gasteiger partial charge on any atom is 0.282 e. The molecular formula is C18H29N3O4S. The minimum atomic E-state index is -3.51. The monoisotopic (exact) mass is 383 g/mol. The molecule has 2 saturated heterocycles. The minimum Gasteiger partial charge on any atom is -0.467 e. The quantitative estimate of drug-likeness (QED) is 0.841. The average molecular weight is 384 g/mol. The van der Waals surface area contributed by atoms with Crippen LogP contribution in [0.3, 0.4) is 0 Å². The summed E-state index contributed by atoms with van der Waals surface area (Å²) in [4.78, 5) is 12.5. The molecule has 3 rings (SSSR count). The van der Waals surface area contributed by atoms with E-state index in [2.05, 4.69) is 19.2 Å². The van der Waals surface area contributed by atoms with Gasteiger partial charge in [0.2, 0.25) is 5.91 Å². The van der Waals surface area contributed by atoms with Crippen LogP contribution in [0.15, 0.2) is 22.8 Å². The van der Waals surface area contributed by atoms with Crippen molar-refractivity contribution in [1.29, 1.82) is 0 Å². The zero-order chi connectivity index (χ0) is 18.7. The summed E-state index contributed by atoms with van der Waals surface area (Å²) in [5, 5.41) is 2.85. The first-order valence-corrected chi connectivity index (χ1v) is 10.8. The zero-order valence-corrected chi connectivity index (χ0v) is 16.4. The molecule has 0 saturated carbocycles. The Morgan fingerprint density at radius 3 is 2.62 bits per heavy atom. The van der Waals surface area contributed by atoms with Gasteiger partial charge in [0.05, 0.1) is 18.7 Å². The van der Waals surface area contributed by atoms with Crippen molar-refractivity contribution < 1.29 is 17.6 Å². The van der Waals surface area contributed by atoms with Crippen molar-refractivity contribution in [3.63, 3.8) is 0 Å². The van der Waals surface area contributed by atoms with E-state index >= 15 is 0 Å². The van der Waals surface area contributed by atoms with Crippen molar-refractivity contribution >= 4 is 16.1 Å². The van der Waals surface area contributed by atoms with Gasteiger partial charge in [-0.05, 0) is 43.2 Å². The molecule has 7 nitrogen and oxygen atoms in total. The lowest BCUT2D eigenvalue weighted by Gasteiger charge is -2.39. The fraction of sp³-hybridized carbons (Fsp3) is 0.722. The maximum absolute atomic E-state index is 13.0. The predicted octanol–water partition coefficient (Wildman–Crippen LogP) is 1.83. The number of piperidine rings is 2. The molecule has 0 aromatic carbocycles. The van der Waals surface area contributed by atoms with Gasteiger partial charge < -0.3 is 9.73 Å². The largest absolute Gasteiger partial charge is 0.467 e. The highest BCUT2D eigenvalue weighted by Crippen LogP contribution is 2.27. The number of carbonyl (C=O) groups is 1. The molecule has 2 fully saturated rings. The molecule has 3 heterocycles. The Kier molecular flexibility index (Phi) is 6.04. The summed E-state index contributed by atoms with van der Waals surface area (Å²) in [6.07, 6.45) is 4.04. The standard InChI is InChI=1S/C18H29N3O4S/c1-14-9-15(2)12-21(11-14)26(23,24)20-7-3-5-16(13-20)18(22)19-10-17-6-4-8-25-17/h4,6,8,14-16H,3,5,7,9-13H2,1-2H3,(H,19,22)/t14-,15-,16+/m1/s1. The third-order valence-corrected chi connectivity index (χ3v) is 7.19. The van der Waals surface area contributed by atoms with Gasteiger partial charge in [-0.1, -0.05) is 13.8 Å². The molecule has 1 N–H and O–H groups in total. The SMILES string of the molecule is C[C@@H]1C[C@@H](C)CN(S(=O)(=O)N2CCC[C@H](C(=O)NCc3ccco3)C2)C1. The van der Waals surface area contributed by atoms with Crippen molar-refractivity contribution in [3.05, 3.63) is 24.2 Å². The number of amides is 1. The molecule has 26 heavy (non-hydrogen) atoms. The number of nitrogens with one attached hydrogen (secondary N) is 1. The van der Waals surface area contributed by atoms with Gasteiger partial charge in [0.15, 0.2) is 0 Å². The van der Waals surface area contributed by atoms with Crippen LogP contribution in [-0.4, -0.2) is 49.1 Å². The Labute approximate surface area is 155 Å². The number of hydrogen-bond donors (Lipinski definition) is 1. The summed E-state index contributed by atoms with van der Waals surface area (Å²) in [5.74, 6) is 1.00. The smallest absolute Gasteiger partial charge is 0.282 e. The highest BCUT2D eigenvalue weighted by molar-refractivity contribution is 7.86. The molecule has 0 radical (unpaired) electrons. The minimum absolute atomic E-state index is 0.110. The summed E-state index contributed by atoms with van der Waals surface area (Å²) in [7, 11) is -3.51. The first-order valence-electron chi connectivity index (χ1n) is 9.41. The molecule has 0 unspecified atom stereocenters. The maximum atomic E-state index is 13.0. The number of carbonyl (C=O) groups excluding carboxylic acids is 1. The van der Waals surface area contributed by atoms with Crippen molar-refractivity contribution in [2.75, 3.05) is 26.2 Å². The first-order chi connectivity index (χ1) is 12.4. The topological polar surface area (TPSA) is 82.9 Å². The fourth-order valence-electron chi connectivity index (χ4n) is 4.06. The molecule has 0 spiro atoms. The van der Waals surface area contributed by atoms with Crippen LogP contribution in [0.1, 0.15) is 38.9 Å². The van der Waals surface area contributed by atoms with Gasteiger partial charge in [-0.2, -0.15) is 17.0 Å². The molecule has 3 atom stereocenters. The Morgan fingerprint density at radius 1 is 1.23 bits per heavy atom. The number of rotatable bonds is 5. The number of nitrogens with zero attached hydrogens (tertiary/aromatic N) is 2. The van der Waals surface area contributed by atoms with E-state index < -0.39 is 10.2 Å². The molecule has 2 aliphatic rings. The first kappa shape index (κ1) is 19.4. The lowest BCUT2D eigenvalue weighted by Crippen LogP contribution is -2.53. The Morgan fingerprint density at radius 2 is 1.96 bits per heavy atom. The molecule has 2 aliphatic heterocycles. The predicted molar refractivity (Wildman–Crippen MR) is 98.3 cm³/mol. The summed E-state index contributed by atoms with van der Waals surface area (Å²) in [5.41, 5.74) is 0. The fourth-order valence-corrected chi connectivity index (χ4v) is 6.00. The van der Waals surface area contributed by atoms with E-state index in [1.807, 2.05) is 0 Å². The molecule has 1 amide bonds. The summed E-state index contributed by atoms with van der Waals surface area (Å²) in [6.45, 7) is 6.40. The van der Waals surface area contributed by atoms with Crippen molar-refractivity contribution in [2.45, 2.75) is 39.7 Å². The molecule has 1 aromatic heterocycles. The summed E-state index contributed by atoms with van der Waals surface area (Å²) in [6, 6.07) is 3.58. The molecule has 1 aromatic rings. The molecule has 8 heteroatoms. The second-order valence-electron chi connectivity index (χ2n) is 7.77. The average Bonchev–Trinajstić information content (AvgIpc) is 3.12. The van der Waals surface area contributed by atoms with Crippen LogP contribution in [0.25, 0.3) is 0 Å². The summed E-state index contributed by atoms with van der Waals surface area (Å²) < 4.78 is 34.4. The van der Waals surface area contributed by atoms with Gasteiger partial charge in [-0.25, -0.2) is 0 Å². The highest BCUT2D eigenvalue weighted by Gasteiger charge is 2.38. The number of furan rings is 1. The second-order valence-corrected chi connectivity index (χ2v) is 9.69. The van der Waals surface area contributed by atoms with Crippen LogP contribution in [-0.2, 0) is 21.5 Å². The van der Waals surface area contributed by atoms with Crippen LogP contribution in [0.2, 0.25) is 0 Å².